The second-order valence-corrected chi connectivity index (χ2v) is 6.77. The maximum Gasteiger partial charge on any atom is 0.261 e. The highest BCUT2D eigenvalue weighted by molar-refractivity contribution is 5.81. The smallest absolute Gasteiger partial charge is 0.261 e. The van der Waals surface area contributed by atoms with E-state index < -0.39 is 18.5 Å². The molecule has 7 nitrogen and oxygen atoms in total. The lowest BCUT2D eigenvalue weighted by Crippen LogP contribution is -2.47. The molecule has 9 heteroatoms. The molecule has 3 aromatic rings. The second kappa shape index (κ2) is 7.49. The summed E-state index contributed by atoms with van der Waals surface area (Å²) in [7, 11) is 0. The zero-order chi connectivity index (χ0) is 19.7. The molecule has 0 radical (unpaired) electrons. The van der Waals surface area contributed by atoms with Gasteiger partial charge in [-0.15, -0.1) is 0 Å². The summed E-state index contributed by atoms with van der Waals surface area (Å²) in [6.45, 7) is 4.43. The Labute approximate surface area is 160 Å². The molecule has 1 aromatic carbocycles. The quantitative estimate of drug-likeness (QED) is 0.684. The van der Waals surface area contributed by atoms with Crippen LogP contribution in [0.3, 0.4) is 0 Å². The SMILES string of the molecule is Cc1ccnc(N2CCN(c3ccc4c(=O)n(CC(F)F)cnc4c3)CC2)n1. The normalized spacial score (nSPS) is 14.9. The van der Waals surface area contributed by atoms with Crippen LogP contribution in [0.1, 0.15) is 5.69 Å². The molecule has 1 aliphatic rings. The lowest BCUT2D eigenvalue weighted by Gasteiger charge is -2.36. The van der Waals surface area contributed by atoms with E-state index in [9.17, 15) is 13.6 Å². The van der Waals surface area contributed by atoms with Crippen LogP contribution in [0.15, 0.2) is 41.6 Å². The molecule has 3 heterocycles. The topological polar surface area (TPSA) is 67.2 Å². The first-order chi connectivity index (χ1) is 13.5. The third-order valence-electron chi connectivity index (χ3n) is 4.85. The van der Waals surface area contributed by atoms with Gasteiger partial charge in [-0.3, -0.25) is 9.36 Å². The summed E-state index contributed by atoms with van der Waals surface area (Å²) in [4.78, 5) is 29.7. The third kappa shape index (κ3) is 3.64. The van der Waals surface area contributed by atoms with Crippen LogP contribution < -0.4 is 15.4 Å². The fraction of sp³-hybridized carbons (Fsp3) is 0.368. The lowest BCUT2D eigenvalue weighted by atomic mass is 10.2. The number of aromatic nitrogens is 4. The zero-order valence-corrected chi connectivity index (χ0v) is 15.4. The van der Waals surface area contributed by atoms with Gasteiger partial charge in [0.15, 0.2) is 0 Å². The van der Waals surface area contributed by atoms with E-state index in [0.717, 1.165) is 48.1 Å². The second-order valence-electron chi connectivity index (χ2n) is 6.77. The minimum Gasteiger partial charge on any atom is -0.368 e. The first kappa shape index (κ1) is 18.3. The van der Waals surface area contributed by atoms with Crippen molar-refractivity contribution >= 4 is 22.5 Å². The molecule has 0 N–H and O–H groups in total. The average Bonchev–Trinajstić information content (AvgIpc) is 2.70. The minimum atomic E-state index is -2.59. The van der Waals surface area contributed by atoms with Crippen LogP contribution in [-0.2, 0) is 6.54 Å². The predicted octanol–water partition coefficient (Wildman–Crippen LogP) is 2.09. The summed E-state index contributed by atoms with van der Waals surface area (Å²) in [5, 5.41) is 0.346. The zero-order valence-electron chi connectivity index (χ0n) is 15.4. The van der Waals surface area contributed by atoms with Gasteiger partial charge in [0.25, 0.3) is 12.0 Å². The number of anilines is 2. The molecule has 0 atom stereocenters. The summed E-state index contributed by atoms with van der Waals surface area (Å²) >= 11 is 0. The molecule has 0 unspecified atom stereocenters. The first-order valence-corrected chi connectivity index (χ1v) is 9.08. The molecule has 28 heavy (non-hydrogen) atoms. The number of benzene rings is 1. The Morgan fingerprint density at radius 2 is 1.82 bits per heavy atom. The van der Waals surface area contributed by atoms with E-state index in [1.165, 1.54) is 6.33 Å². The number of piperazine rings is 1. The van der Waals surface area contributed by atoms with Crippen LogP contribution in [0.25, 0.3) is 10.9 Å². The molecule has 0 saturated carbocycles. The van der Waals surface area contributed by atoms with Gasteiger partial charge in [-0.2, -0.15) is 0 Å². The highest BCUT2D eigenvalue weighted by Crippen LogP contribution is 2.21. The Balaban J connectivity index is 1.51. The summed E-state index contributed by atoms with van der Waals surface area (Å²) in [6, 6.07) is 7.22. The van der Waals surface area contributed by atoms with E-state index in [1.54, 1.807) is 12.3 Å². The number of aryl methyl sites for hydroxylation is 1. The number of hydrogen-bond acceptors (Lipinski definition) is 6. The molecule has 0 spiro atoms. The monoisotopic (exact) mass is 386 g/mol. The number of nitrogens with zero attached hydrogens (tertiary/aromatic N) is 6. The first-order valence-electron chi connectivity index (χ1n) is 9.08. The van der Waals surface area contributed by atoms with Gasteiger partial charge in [-0.05, 0) is 31.2 Å². The van der Waals surface area contributed by atoms with E-state index in [-0.39, 0.29) is 0 Å². The summed E-state index contributed by atoms with van der Waals surface area (Å²) < 4.78 is 26.1. The molecule has 1 fully saturated rings. The molecule has 0 bridgehead atoms. The number of rotatable bonds is 4. The molecule has 1 aliphatic heterocycles. The van der Waals surface area contributed by atoms with Crippen molar-refractivity contribution in [2.75, 3.05) is 36.0 Å². The van der Waals surface area contributed by atoms with Gasteiger partial charge in [-0.25, -0.2) is 23.7 Å². The van der Waals surface area contributed by atoms with Crippen molar-refractivity contribution in [3.63, 3.8) is 0 Å². The van der Waals surface area contributed by atoms with Crippen molar-refractivity contribution < 1.29 is 8.78 Å². The summed E-state index contributed by atoms with van der Waals surface area (Å²) in [5.74, 6) is 0.736. The average molecular weight is 386 g/mol. The van der Waals surface area contributed by atoms with Gasteiger partial charge in [0.2, 0.25) is 5.95 Å². The molecular formula is C19H20F2N6O. The van der Waals surface area contributed by atoms with Crippen LogP contribution in [0.4, 0.5) is 20.4 Å². The molecule has 4 rings (SSSR count). The predicted molar refractivity (Wildman–Crippen MR) is 103 cm³/mol. The maximum atomic E-state index is 12.6. The Kier molecular flexibility index (Phi) is 4.89. The van der Waals surface area contributed by atoms with Gasteiger partial charge >= 0.3 is 0 Å². The van der Waals surface area contributed by atoms with Gasteiger partial charge in [0.05, 0.1) is 23.8 Å². The van der Waals surface area contributed by atoms with E-state index in [0.29, 0.717) is 10.9 Å². The largest absolute Gasteiger partial charge is 0.368 e. The van der Waals surface area contributed by atoms with Crippen LogP contribution in [0, 0.1) is 6.92 Å². The molecule has 1 saturated heterocycles. The van der Waals surface area contributed by atoms with Gasteiger partial charge in [0, 0.05) is 43.8 Å². The van der Waals surface area contributed by atoms with Gasteiger partial charge in [-0.1, -0.05) is 0 Å². The molecule has 0 aliphatic carbocycles. The van der Waals surface area contributed by atoms with Crippen LogP contribution >= 0.6 is 0 Å². The summed E-state index contributed by atoms with van der Waals surface area (Å²) in [5.41, 5.74) is 1.96. The van der Waals surface area contributed by atoms with E-state index in [1.807, 2.05) is 25.1 Å². The van der Waals surface area contributed by atoms with Crippen LogP contribution in [-0.4, -0.2) is 52.1 Å². The van der Waals surface area contributed by atoms with Crippen LogP contribution in [0.5, 0.6) is 0 Å². The van der Waals surface area contributed by atoms with E-state index in [4.69, 9.17) is 0 Å². The third-order valence-corrected chi connectivity index (χ3v) is 4.85. The van der Waals surface area contributed by atoms with Crippen molar-refractivity contribution in [1.29, 1.82) is 0 Å². The fourth-order valence-electron chi connectivity index (χ4n) is 3.37. The Morgan fingerprint density at radius 3 is 2.54 bits per heavy atom. The van der Waals surface area contributed by atoms with Crippen molar-refractivity contribution in [3.05, 3.63) is 52.8 Å². The maximum absolute atomic E-state index is 12.6. The highest BCUT2D eigenvalue weighted by atomic mass is 19.3. The lowest BCUT2D eigenvalue weighted by molar-refractivity contribution is 0.125. The molecular weight excluding hydrogens is 366 g/mol. The Bertz CT molecular complexity index is 1050. The fourth-order valence-corrected chi connectivity index (χ4v) is 3.37. The molecule has 2 aromatic heterocycles. The van der Waals surface area contributed by atoms with Crippen molar-refractivity contribution in [3.8, 4) is 0 Å². The standard InChI is InChI=1S/C19H20F2N6O/c1-13-4-5-22-19(24-13)26-8-6-25(7-9-26)14-2-3-15-16(10-14)23-12-27(18(15)28)11-17(20)21/h2-5,10,12,17H,6-9,11H2,1H3. The Morgan fingerprint density at radius 1 is 1.07 bits per heavy atom. The van der Waals surface area contributed by atoms with Crippen LogP contribution in [0.2, 0.25) is 0 Å². The molecule has 146 valence electrons. The number of fused-ring (bicyclic) bond motifs is 1. The van der Waals surface area contributed by atoms with Gasteiger partial charge < -0.3 is 9.80 Å². The van der Waals surface area contributed by atoms with Gasteiger partial charge in [0.1, 0.15) is 0 Å². The van der Waals surface area contributed by atoms with Crippen molar-refractivity contribution in [1.82, 2.24) is 19.5 Å². The Hall–Kier alpha value is -3.10. The minimum absolute atomic E-state index is 0.346. The number of alkyl halides is 2. The van der Waals surface area contributed by atoms with E-state index in [2.05, 4.69) is 24.8 Å². The van der Waals surface area contributed by atoms with E-state index >= 15 is 0 Å². The molecule has 0 amide bonds. The summed E-state index contributed by atoms with van der Waals surface area (Å²) in [6.07, 6.45) is 0.359. The van der Waals surface area contributed by atoms with Crippen molar-refractivity contribution in [2.24, 2.45) is 0 Å². The van der Waals surface area contributed by atoms with Crippen molar-refractivity contribution in [2.45, 2.75) is 19.9 Å². The highest BCUT2D eigenvalue weighted by Gasteiger charge is 2.20. The number of halogens is 2. The number of hydrogen-bond donors (Lipinski definition) is 0.